The van der Waals surface area contributed by atoms with Gasteiger partial charge in [0.05, 0.1) is 0 Å². The molecule has 0 aliphatic rings. The molecule has 0 aliphatic carbocycles. The van der Waals surface area contributed by atoms with Gasteiger partial charge in [-0.25, -0.2) is 4.79 Å². The second kappa shape index (κ2) is 5.74. The van der Waals surface area contributed by atoms with Crippen LogP contribution in [0.2, 0.25) is 0 Å². The van der Waals surface area contributed by atoms with Crippen LogP contribution >= 0.6 is 0 Å². The molecule has 0 aromatic heterocycles. The van der Waals surface area contributed by atoms with Crippen LogP contribution in [-0.4, -0.2) is 16.7 Å². The first-order valence-corrected chi connectivity index (χ1v) is 6.10. The smallest absolute Gasteiger partial charge is 0.334 e. The van der Waals surface area contributed by atoms with Gasteiger partial charge in [-0.2, -0.15) is 0 Å². The highest BCUT2D eigenvalue weighted by molar-refractivity contribution is 5.94. The van der Waals surface area contributed by atoms with E-state index in [-0.39, 0.29) is 11.7 Å². The van der Waals surface area contributed by atoms with E-state index in [0.29, 0.717) is 5.57 Å². The summed E-state index contributed by atoms with van der Waals surface area (Å²) in [7, 11) is 0. The molecule has 0 aliphatic heterocycles. The minimum Gasteiger partial charge on any atom is -0.508 e. The van der Waals surface area contributed by atoms with Crippen LogP contribution in [0.3, 0.4) is 0 Å². The van der Waals surface area contributed by atoms with Crippen LogP contribution in [0.25, 0.3) is 12.2 Å². The van der Waals surface area contributed by atoms with Crippen LogP contribution < -0.4 is 0 Å². The summed E-state index contributed by atoms with van der Waals surface area (Å²) >= 11 is 0. The molecular formula is C16H20O3. The summed E-state index contributed by atoms with van der Waals surface area (Å²) in [4.78, 5) is 11.9. The van der Waals surface area contributed by atoms with Crippen molar-refractivity contribution >= 4 is 18.1 Å². The molecule has 0 saturated heterocycles. The third-order valence-corrected chi connectivity index (χ3v) is 2.38. The molecule has 1 aromatic carbocycles. The normalized spacial score (nSPS) is 12.1. The van der Waals surface area contributed by atoms with Crippen LogP contribution in [0.15, 0.2) is 30.4 Å². The number of phenols is 1. The van der Waals surface area contributed by atoms with Crippen molar-refractivity contribution in [1.82, 2.24) is 0 Å². The summed E-state index contributed by atoms with van der Waals surface area (Å²) in [6.45, 7) is 10.9. The van der Waals surface area contributed by atoms with Gasteiger partial charge >= 0.3 is 5.97 Å². The summed E-state index contributed by atoms with van der Waals surface area (Å²) in [6.07, 6.45) is 3.36. The van der Waals surface area contributed by atoms with Crippen LogP contribution in [0.4, 0.5) is 0 Å². The van der Waals surface area contributed by atoms with E-state index < -0.39 is 5.60 Å². The van der Waals surface area contributed by atoms with Crippen molar-refractivity contribution in [2.45, 2.75) is 33.3 Å². The van der Waals surface area contributed by atoms with Crippen molar-refractivity contribution < 1.29 is 14.6 Å². The molecule has 0 atom stereocenters. The van der Waals surface area contributed by atoms with Gasteiger partial charge in [0.2, 0.25) is 0 Å². The number of carbonyl (C=O) groups is 1. The highest BCUT2D eigenvalue weighted by atomic mass is 16.6. The van der Waals surface area contributed by atoms with Gasteiger partial charge in [0.15, 0.2) is 0 Å². The number of ether oxygens (including phenoxy) is 1. The molecule has 1 rings (SSSR count). The molecule has 0 fully saturated rings. The number of hydrogen-bond acceptors (Lipinski definition) is 3. The zero-order valence-corrected chi connectivity index (χ0v) is 11.9. The quantitative estimate of drug-likeness (QED) is 0.664. The maximum Gasteiger partial charge on any atom is 0.334 e. The van der Waals surface area contributed by atoms with Crippen molar-refractivity contribution in [3.8, 4) is 5.75 Å². The largest absolute Gasteiger partial charge is 0.508 e. The molecule has 19 heavy (non-hydrogen) atoms. The number of benzene rings is 1. The third-order valence-electron chi connectivity index (χ3n) is 2.38. The Bertz CT molecular complexity index is 519. The lowest BCUT2D eigenvalue weighted by molar-refractivity contribution is -0.149. The Kier molecular flexibility index (Phi) is 4.54. The molecule has 0 saturated carbocycles. The number of phenolic OH excluding ortho intramolecular Hbond substituents is 1. The van der Waals surface area contributed by atoms with Gasteiger partial charge in [-0.1, -0.05) is 18.7 Å². The number of hydrogen-bond donors (Lipinski definition) is 1. The molecule has 0 amide bonds. The first-order chi connectivity index (χ1) is 8.73. The highest BCUT2D eigenvalue weighted by Crippen LogP contribution is 2.21. The highest BCUT2D eigenvalue weighted by Gasteiger charge is 2.17. The first-order valence-electron chi connectivity index (χ1n) is 6.10. The molecule has 3 nitrogen and oxygen atoms in total. The minimum atomic E-state index is -0.522. The molecule has 0 radical (unpaired) electrons. The maximum absolute atomic E-state index is 11.9. The van der Waals surface area contributed by atoms with E-state index in [0.717, 1.165) is 11.1 Å². The SMILES string of the molecule is C=Cc1ccc(O)cc1/C=C(\C)C(=O)OC(C)(C)C. The van der Waals surface area contributed by atoms with Gasteiger partial charge in [-0.15, -0.1) is 0 Å². The Labute approximate surface area is 114 Å². The molecule has 1 N–H and O–H groups in total. The Hall–Kier alpha value is -2.03. The van der Waals surface area contributed by atoms with Crippen molar-refractivity contribution in [1.29, 1.82) is 0 Å². The molecule has 1 aromatic rings. The molecule has 0 heterocycles. The monoisotopic (exact) mass is 260 g/mol. The fourth-order valence-corrected chi connectivity index (χ4v) is 1.52. The Morgan fingerprint density at radius 2 is 1.95 bits per heavy atom. The lowest BCUT2D eigenvalue weighted by atomic mass is 10.0. The lowest BCUT2D eigenvalue weighted by Crippen LogP contribution is -2.24. The third kappa shape index (κ3) is 4.62. The number of aromatic hydroxyl groups is 1. The van der Waals surface area contributed by atoms with Crippen molar-refractivity contribution in [2.24, 2.45) is 0 Å². The summed E-state index contributed by atoms with van der Waals surface area (Å²) in [6, 6.07) is 4.92. The molecule has 0 spiro atoms. The summed E-state index contributed by atoms with van der Waals surface area (Å²) in [5.74, 6) is -0.223. The molecular weight excluding hydrogens is 240 g/mol. The van der Waals surface area contributed by atoms with Crippen molar-refractivity contribution in [3.05, 3.63) is 41.5 Å². The van der Waals surface area contributed by atoms with Crippen LogP contribution in [0.1, 0.15) is 38.8 Å². The number of esters is 1. The standard InChI is InChI=1S/C16H20O3/c1-6-12-7-8-14(17)10-13(12)9-11(2)15(18)19-16(3,4)5/h6-10,17H,1H2,2-5H3/b11-9+. The first kappa shape index (κ1) is 15.0. The van der Waals surface area contributed by atoms with Gasteiger partial charge in [-0.05, 0) is 57.0 Å². The van der Waals surface area contributed by atoms with E-state index in [2.05, 4.69) is 6.58 Å². The van der Waals surface area contributed by atoms with E-state index in [4.69, 9.17) is 4.74 Å². The zero-order chi connectivity index (χ0) is 14.6. The van der Waals surface area contributed by atoms with E-state index in [1.54, 1.807) is 37.3 Å². The minimum absolute atomic E-state index is 0.147. The molecule has 102 valence electrons. The molecule has 0 bridgehead atoms. The van der Waals surface area contributed by atoms with Gasteiger partial charge in [-0.3, -0.25) is 0 Å². The Balaban J connectivity index is 3.05. The van der Waals surface area contributed by atoms with Gasteiger partial charge in [0.25, 0.3) is 0 Å². The molecule has 3 heteroatoms. The number of rotatable bonds is 3. The van der Waals surface area contributed by atoms with Crippen LogP contribution in [0, 0.1) is 0 Å². The summed E-state index contributed by atoms with van der Waals surface area (Å²) in [5.41, 5.74) is 1.54. The van der Waals surface area contributed by atoms with E-state index >= 15 is 0 Å². The number of carbonyl (C=O) groups excluding carboxylic acids is 1. The van der Waals surface area contributed by atoms with Gasteiger partial charge in [0.1, 0.15) is 11.4 Å². The van der Waals surface area contributed by atoms with E-state index in [1.165, 1.54) is 0 Å². The molecule has 0 unspecified atom stereocenters. The second-order valence-corrected chi connectivity index (χ2v) is 5.35. The maximum atomic E-state index is 11.9. The fourth-order valence-electron chi connectivity index (χ4n) is 1.52. The summed E-state index contributed by atoms with van der Waals surface area (Å²) < 4.78 is 5.28. The predicted molar refractivity (Wildman–Crippen MR) is 77.7 cm³/mol. The summed E-state index contributed by atoms with van der Waals surface area (Å²) in [5, 5.41) is 9.49. The van der Waals surface area contributed by atoms with Gasteiger partial charge in [0, 0.05) is 5.57 Å². The fraction of sp³-hybridized carbons (Fsp3) is 0.312. The average molecular weight is 260 g/mol. The Morgan fingerprint density at radius 1 is 1.32 bits per heavy atom. The topological polar surface area (TPSA) is 46.5 Å². The van der Waals surface area contributed by atoms with Crippen molar-refractivity contribution in [3.63, 3.8) is 0 Å². The van der Waals surface area contributed by atoms with Gasteiger partial charge < -0.3 is 9.84 Å². The van der Waals surface area contributed by atoms with E-state index in [9.17, 15) is 9.90 Å². The zero-order valence-electron chi connectivity index (χ0n) is 11.9. The van der Waals surface area contributed by atoms with E-state index in [1.807, 2.05) is 20.8 Å². The lowest BCUT2D eigenvalue weighted by Gasteiger charge is -2.19. The second-order valence-electron chi connectivity index (χ2n) is 5.35. The predicted octanol–water partition coefficient (Wildman–Crippen LogP) is 3.78. The van der Waals surface area contributed by atoms with Crippen molar-refractivity contribution in [2.75, 3.05) is 0 Å². The van der Waals surface area contributed by atoms with Crippen LogP contribution in [0.5, 0.6) is 5.75 Å². The Morgan fingerprint density at radius 3 is 2.47 bits per heavy atom. The van der Waals surface area contributed by atoms with Crippen LogP contribution in [-0.2, 0) is 9.53 Å². The average Bonchev–Trinajstić information content (AvgIpc) is 2.27.